The van der Waals surface area contributed by atoms with E-state index in [9.17, 15) is 9.59 Å². The first kappa shape index (κ1) is 9.39. The summed E-state index contributed by atoms with van der Waals surface area (Å²) >= 11 is 5.91. The van der Waals surface area contributed by atoms with Crippen LogP contribution >= 0.6 is 11.6 Å². The smallest absolute Gasteiger partial charge is 0.345 e. The van der Waals surface area contributed by atoms with Gasteiger partial charge in [0.05, 0.1) is 11.1 Å². The van der Waals surface area contributed by atoms with Gasteiger partial charge in [-0.2, -0.15) is 0 Å². The molecule has 0 saturated carbocycles. The third kappa shape index (κ3) is 0.976. The summed E-state index contributed by atoms with van der Waals surface area (Å²) in [5.74, 6) is -1.18. The fourth-order valence-corrected chi connectivity index (χ4v) is 2.83. The monoisotopic (exact) mass is 248 g/mol. The van der Waals surface area contributed by atoms with E-state index < -0.39 is 24.1 Å². The van der Waals surface area contributed by atoms with Crippen LogP contribution in [-0.4, -0.2) is 11.9 Å². The fourth-order valence-electron chi connectivity index (χ4n) is 2.65. The third-order valence-corrected chi connectivity index (χ3v) is 3.56. The van der Waals surface area contributed by atoms with E-state index in [4.69, 9.17) is 16.3 Å². The minimum Gasteiger partial charge on any atom is -0.386 e. The van der Waals surface area contributed by atoms with Crippen molar-refractivity contribution in [1.29, 1.82) is 0 Å². The van der Waals surface area contributed by atoms with Crippen LogP contribution in [0, 0.1) is 0 Å². The first-order valence-electron chi connectivity index (χ1n) is 5.12. The molecule has 17 heavy (non-hydrogen) atoms. The van der Waals surface area contributed by atoms with Crippen molar-refractivity contribution in [3.05, 3.63) is 45.5 Å². The third-order valence-electron chi connectivity index (χ3n) is 3.33. The van der Waals surface area contributed by atoms with E-state index >= 15 is 0 Å². The van der Waals surface area contributed by atoms with Crippen molar-refractivity contribution < 1.29 is 19.1 Å². The summed E-state index contributed by atoms with van der Waals surface area (Å²) in [7, 11) is 0. The molecule has 1 aromatic carbocycles. The van der Waals surface area contributed by atoms with E-state index in [1.807, 2.05) is 6.07 Å². The number of halogens is 1. The second-order valence-electron chi connectivity index (χ2n) is 4.17. The molecule has 2 bridgehead atoms. The molecule has 3 heterocycles. The topological polar surface area (TPSA) is 52.6 Å². The maximum Gasteiger partial charge on any atom is 0.345 e. The summed E-state index contributed by atoms with van der Waals surface area (Å²) < 4.78 is 10.3. The summed E-state index contributed by atoms with van der Waals surface area (Å²) in [5, 5.41) is 0.583. The zero-order valence-electron chi connectivity index (χ0n) is 8.40. The zero-order valence-corrected chi connectivity index (χ0v) is 9.15. The van der Waals surface area contributed by atoms with Gasteiger partial charge in [0.2, 0.25) is 0 Å². The van der Waals surface area contributed by atoms with E-state index in [1.54, 1.807) is 12.1 Å². The van der Waals surface area contributed by atoms with E-state index in [-0.39, 0.29) is 0 Å². The summed E-state index contributed by atoms with van der Waals surface area (Å²) in [6.45, 7) is 0. The highest BCUT2D eigenvalue weighted by atomic mass is 35.5. The highest BCUT2D eigenvalue weighted by molar-refractivity contribution is 6.30. The average Bonchev–Trinajstić information content (AvgIpc) is 2.90. The largest absolute Gasteiger partial charge is 0.386 e. The molecule has 0 spiro atoms. The van der Waals surface area contributed by atoms with Gasteiger partial charge >= 0.3 is 11.9 Å². The standard InChI is InChI=1S/C12H5ClO4/c13-4-1-2-5-6(3-4)10-8-7(9(5)16-10)11(14)17-12(8)15/h1-3,9-10H. The number of fused-ring (bicyclic) bond motifs is 7. The van der Waals surface area contributed by atoms with Crippen LogP contribution in [0.25, 0.3) is 0 Å². The number of benzene rings is 1. The van der Waals surface area contributed by atoms with Crippen molar-refractivity contribution >= 4 is 23.5 Å². The van der Waals surface area contributed by atoms with Crippen molar-refractivity contribution in [3.63, 3.8) is 0 Å². The molecule has 5 heteroatoms. The normalized spacial score (nSPS) is 28.5. The quantitative estimate of drug-likeness (QED) is 0.519. The van der Waals surface area contributed by atoms with Gasteiger partial charge in [-0.3, -0.25) is 0 Å². The van der Waals surface area contributed by atoms with Gasteiger partial charge in [0.15, 0.2) is 0 Å². The van der Waals surface area contributed by atoms with Gasteiger partial charge in [0, 0.05) is 5.02 Å². The Morgan fingerprint density at radius 2 is 1.65 bits per heavy atom. The second kappa shape index (κ2) is 2.78. The Bertz CT molecular complexity index is 631. The van der Waals surface area contributed by atoms with Crippen LogP contribution in [0.4, 0.5) is 0 Å². The molecule has 0 aromatic heterocycles. The number of ether oxygens (including phenoxy) is 2. The molecule has 1 aromatic rings. The predicted octanol–water partition coefficient (Wildman–Crippen LogP) is 1.85. The molecule has 0 radical (unpaired) electrons. The number of cyclic esters (lactones) is 2. The van der Waals surface area contributed by atoms with Crippen LogP contribution in [0.15, 0.2) is 29.3 Å². The highest BCUT2D eigenvalue weighted by Gasteiger charge is 2.54. The van der Waals surface area contributed by atoms with Crippen molar-refractivity contribution in [2.75, 3.05) is 0 Å². The Balaban J connectivity index is 1.96. The molecule has 0 saturated heterocycles. The number of hydrogen-bond donors (Lipinski definition) is 0. The predicted molar refractivity (Wildman–Crippen MR) is 56.1 cm³/mol. The van der Waals surface area contributed by atoms with Gasteiger partial charge in [-0.25, -0.2) is 9.59 Å². The first-order chi connectivity index (χ1) is 8.16. The molecule has 3 aliphatic heterocycles. The molecule has 4 rings (SSSR count). The van der Waals surface area contributed by atoms with Crippen molar-refractivity contribution in [3.8, 4) is 0 Å². The Morgan fingerprint density at radius 3 is 2.35 bits per heavy atom. The van der Waals surface area contributed by atoms with Crippen LogP contribution in [-0.2, 0) is 19.1 Å². The Labute approximate surface area is 101 Å². The van der Waals surface area contributed by atoms with Gasteiger partial charge in [0.25, 0.3) is 0 Å². The number of carbonyl (C=O) groups is 2. The SMILES string of the molecule is O=C1OC(=O)C2=C1C1OC2c2cc(Cl)ccc21. The average molecular weight is 249 g/mol. The van der Waals surface area contributed by atoms with Crippen molar-refractivity contribution in [2.24, 2.45) is 0 Å². The molecule has 0 N–H and O–H groups in total. The summed E-state index contributed by atoms with van der Waals surface area (Å²) in [5.41, 5.74) is 2.45. The second-order valence-corrected chi connectivity index (χ2v) is 4.61. The van der Waals surface area contributed by atoms with E-state index in [2.05, 4.69) is 4.74 Å². The van der Waals surface area contributed by atoms with E-state index in [0.717, 1.165) is 11.1 Å². The molecule has 0 aliphatic carbocycles. The molecule has 2 atom stereocenters. The van der Waals surface area contributed by atoms with Gasteiger partial charge in [-0.15, -0.1) is 0 Å². The maximum absolute atomic E-state index is 11.5. The highest BCUT2D eigenvalue weighted by Crippen LogP contribution is 2.56. The zero-order chi connectivity index (χ0) is 11.7. The van der Waals surface area contributed by atoms with Crippen LogP contribution in [0.1, 0.15) is 23.3 Å². The summed E-state index contributed by atoms with van der Waals surface area (Å²) in [6.07, 6.45) is -0.969. The minimum absolute atomic E-state index is 0.342. The number of esters is 2. The molecule has 3 aliphatic rings. The lowest BCUT2D eigenvalue weighted by Crippen LogP contribution is -2.09. The molecule has 4 nitrogen and oxygen atoms in total. The van der Waals surface area contributed by atoms with Crippen LogP contribution in [0.3, 0.4) is 0 Å². The van der Waals surface area contributed by atoms with E-state index in [0.29, 0.717) is 16.2 Å². The molecular formula is C12H5ClO4. The minimum atomic E-state index is -0.594. The first-order valence-corrected chi connectivity index (χ1v) is 5.50. The Kier molecular flexibility index (Phi) is 1.53. The van der Waals surface area contributed by atoms with Gasteiger partial charge < -0.3 is 9.47 Å². The Morgan fingerprint density at radius 1 is 1.00 bits per heavy atom. The fraction of sp³-hybridized carbons (Fsp3) is 0.167. The lowest BCUT2D eigenvalue weighted by Gasteiger charge is -2.10. The van der Waals surface area contributed by atoms with Crippen molar-refractivity contribution in [2.45, 2.75) is 12.2 Å². The summed E-state index contributed by atoms with van der Waals surface area (Å²) in [6, 6.07) is 5.33. The molecule has 0 amide bonds. The van der Waals surface area contributed by atoms with Crippen LogP contribution < -0.4 is 0 Å². The van der Waals surface area contributed by atoms with E-state index in [1.165, 1.54) is 0 Å². The Hall–Kier alpha value is -1.65. The molecule has 2 unspecified atom stereocenters. The molecule has 84 valence electrons. The number of rotatable bonds is 0. The van der Waals surface area contributed by atoms with Gasteiger partial charge in [0.1, 0.15) is 12.2 Å². The molecular weight excluding hydrogens is 244 g/mol. The van der Waals surface area contributed by atoms with Crippen LogP contribution in [0.5, 0.6) is 0 Å². The lowest BCUT2D eigenvalue weighted by atomic mass is 9.87. The van der Waals surface area contributed by atoms with Gasteiger partial charge in [-0.1, -0.05) is 17.7 Å². The molecule has 0 fully saturated rings. The summed E-state index contributed by atoms with van der Waals surface area (Å²) in [4.78, 5) is 23.1. The van der Waals surface area contributed by atoms with Crippen molar-refractivity contribution in [1.82, 2.24) is 0 Å². The number of hydrogen-bond acceptors (Lipinski definition) is 4. The lowest BCUT2D eigenvalue weighted by molar-refractivity contribution is -0.153. The van der Waals surface area contributed by atoms with Gasteiger partial charge in [-0.05, 0) is 23.3 Å². The maximum atomic E-state index is 11.5. The number of carbonyl (C=O) groups excluding carboxylic acids is 2. The van der Waals surface area contributed by atoms with Crippen LogP contribution in [0.2, 0.25) is 5.02 Å².